The summed E-state index contributed by atoms with van der Waals surface area (Å²) in [5, 5.41) is 2.68. The van der Waals surface area contributed by atoms with E-state index in [2.05, 4.69) is 39.8 Å². The van der Waals surface area contributed by atoms with Gasteiger partial charge in [-0.1, -0.05) is 13.8 Å². The molecule has 1 aromatic rings. The number of nitrogens with one attached hydrogen (secondary N) is 1. The molecule has 0 saturated carbocycles. The second kappa shape index (κ2) is 9.02. The van der Waals surface area contributed by atoms with E-state index in [4.69, 9.17) is 4.74 Å². The van der Waals surface area contributed by atoms with E-state index < -0.39 is 12.0 Å². The van der Waals surface area contributed by atoms with Crippen LogP contribution in [0.3, 0.4) is 0 Å². The van der Waals surface area contributed by atoms with Gasteiger partial charge >= 0.3 is 5.97 Å². The zero-order valence-corrected chi connectivity index (χ0v) is 16.7. The van der Waals surface area contributed by atoms with E-state index >= 15 is 0 Å². The Morgan fingerprint density at radius 3 is 2.73 bits per heavy atom. The monoisotopic (exact) mass is 426 g/mol. The van der Waals surface area contributed by atoms with Crippen LogP contribution in [0.1, 0.15) is 30.6 Å². The van der Waals surface area contributed by atoms with E-state index in [1.54, 1.807) is 18.2 Å². The molecule has 1 heterocycles. The van der Waals surface area contributed by atoms with Crippen LogP contribution >= 0.6 is 15.9 Å². The average Bonchev–Trinajstić information content (AvgIpc) is 2.61. The van der Waals surface area contributed by atoms with Gasteiger partial charge in [-0.05, 0) is 40.0 Å². The summed E-state index contributed by atoms with van der Waals surface area (Å²) < 4.78 is 11.0. The lowest BCUT2D eigenvalue weighted by molar-refractivity contribution is -0.145. The van der Waals surface area contributed by atoms with Crippen molar-refractivity contribution in [3.8, 4) is 5.75 Å². The molecule has 0 spiro atoms. The Morgan fingerprint density at radius 1 is 1.38 bits per heavy atom. The van der Waals surface area contributed by atoms with Gasteiger partial charge in [0.1, 0.15) is 11.8 Å². The number of carbonyl (C=O) groups is 3. The summed E-state index contributed by atoms with van der Waals surface area (Å²) in [7, 11) is 1.25. The highest BCUT2D eigenvalue weighted by Crippen LogP contribution is 2.27. The molecule has 2 amide bonds. The van der Waals surface area contributed by atoms with Crippen LogP contribution in [0.5, 0.6) is 5.75 Å². The van der Waals surface area contributed by atoms with E-state index in [1.165, 1.54) is 12.0 Å². The number of ether oxygens (including phenoxy) is 2. The predicted molar refractivity (Wildman–Crippen MR) is 98.9 cm³/mol. The Balaban J connectivity index is 2.18. The molecule has 1 N–H and O–H groups in total. The minimum Gasteiger partial charge on any atom is -0.492 e. The molecule has 1 fully saturated rings. The fraction of sp³-hybridized carbons (Fsp3) is 0.500. The van der Waals surface area contributed by atoms with Crippen molar-refractivity contribution in [1.82, 2.24) is 10.2 Å². The van der Waals surface area contributed by atoms with Crippen LogP contribution in [-0.2, 0) is 14.3 Å². The van der Waals surface area contributed by atoms with Crippen molar-refractivity contribution in [1.29, 1.82) is 0 Å². The van der Waals surface area contributed by atoms with Crippen LogP contribution in [-0.4, -0.2) is 55.5 Å². The van der Waals surface area contributed by atoms with Gasteiger partial charge in [-0.25, -0.2) is 0 Å². The molecule has 26 heavy (non-hydrogen) atoms. The van der Waals surface area contributed by atoms with Crippen LogP contribution in [0.15, 0.2) is 22.7 Å². The smallest absolute Gasteiger partial charge is 0.308 e. The van der Waals surface area contributed by atoms with Crippen molar-refractivity contribution < 1.29 is 23.9 Å². The van der Waals surface area contributed by atoms with Gasteiger partial charge in [0.05, 0.1) is 24.6 Å². The first kappa shape index (κ1) is 20.2. The molecular formula is C18H23BrN2O5. The van der Waals surface area contributed by atoms with Crippen LogP contribution in [0.2, 0.25) is 0 Å². The van der Waals surface area contributed by atoms with Crippen LogP contribution in [0, 0.1) is 5.92 Å². The van der Waals surface area contributed by atoms with Crippen molar-refractivity contribution in [3.05, 3.63) is 28.2 Å². The molecular weight excluding hydrogens is 404 g/mol. The van der Waals surface area contributed by atoms with Gasteiger partial charge < -0.3 is 19.7 Å². The third-order valence-corrected chi connectivity index (χ3v) is 4.55. The molecule has 1 atom stereocenters. The Hall–Kier alpha value is -2.09. The molecule has 7 nitrogen and oxygen atoms in total. The number of carbonyl (C=O) groups excluding carboxylic acids is 3. The molecule has 1 aliphatic rings. The predicted octanol–water partition coefficient (Wildman–Crippen LogP) is 1.99. The van der Waals surface area contributed by atoms with Gasteiger partial charge in [0, 0.05) is 18.7 Å². The normalized spacial score (nSPS) is 17.0. The summed E-state index contributed by atoms with van der Waals surface area (Å²) in [6.45, 7) is 5.34. The summed E-state index contributed by atoms with van der Waals surface area (Å²) in [5.41, 5.74) is 0.415. The van der Waals surface area contributed by atoms with E-state index in [1.807, 2.05) is 0 Å². The quantitative estimate of drug-likeness (QED) is 0.702. The van der Waals surface area contributed by atoms with Crippen molar-refractivity contribution in [2.45, 2.75) is 26.3 Å². The minimum absolute atomic E-state index is 0.176. The van der Waals surface area contributed by atoms with Gasteiger partial charge in [0.2, 0.25) is 5.91 Å². The first-order chi connectivity index (χ1) is 12.3. The first-order valence-corrected chi connectivity index (χ1v) is 9.20. The Morgan fingerprint density at radius 2 is 2.12 bits per heavy atom. The summed E-state index contributed by atoms with van der Waals surface area (Å²) in [4.78, 5) is 38.0. The lowest BCUT2D eigenvalue weighted by Crippen LogP contribution is -2.57. The van der Waals surface area contributed by atoms with Crippen molar-refractivity contribution >= 4 is 33.7 Å². The number of hydrogen-bond donors (Lipinski definition) is 1. The summed E-state index contributed by atoms with van der Waals surface area (Å²) in [6, 6.07) is 4.17. The van der Waals surface area contributed by atoms with E-state index in [-0.39, 0.29) is 18.2 Å². The van der Waals surface area contributed by atoms with E-state index in [0.717, 1.165) is 0 Å². The number of hydrogen-bond acceptors (Lipinski definition) is 5. The molecule has 0 aromatic heterocycles. The van der Waals surface area contributed by atoms with Crippen LogP contribution in [0.25, 0.3) is 0 Å². The highest BCUT2D eigenvalue weighted by atomic mass is 79.9. The maximum Gasteiger partial charge on any atom is 0.308 e. The number of nitrogens with zero attached hydrogens (tertiary/aromatic N) is 1. The molecule has 1 aliphatic heterocycles. The fourth-order valence-electron chi connectivity index (χ4n) is 2.58. The van der Waals surface area contributed by atoms with Gasteiger partial charge in [-0.3, -0.25) is 14.4 Å². The second-order valence-electron chi connectivity index (χ2n) is 6.44. The SMILES string of the molecule is COC(=O)CC1C(=O)NCCN1C(=O)c1ccc(OCC(C)C)c(Br)c1. The second-order valence-corrected chi connectivity index (χ2v) is 7.29. The van der Waals surface area contributed by atoms with Crippen molar-refractivity contribution in [2.75, 3.05) is 26.8 Å². The van der Waals surface area contributed by atoms with E-state index in [0.29, 0.717) is 41.4 Å². The number of benzene rings is 1. The molecule has 142 valence electrons. The fourth-order valence-corrected chi connectivity index (χ4v) is 3.07. The topological polar surface area (TPSA) is 84.9 Å². The lowest BCUT2D eigenvalue weighted by atomic mass is 10.1. The molecule has 0 bridgehead atoms. The number of esters is 1. The first-order valence-electron chi connectivity index (χ1n) is 8.41. The van der Waals surface area contributed by atoms with E-state index in [9.17, 15) is 14.4 Å². The van der Waals surface area contributed by atoms with Crippen LogP contribution < -0.4 is 10.1 Å². The molecule has 2 rings (SSSR count). The number of amides is 2. The molecule has 0 radical (unpaired) electrons. The largest absolute Gasteiger partial charge is 0.492 e. The third-order valence-electron chi connectivity index (χ3n) is 3.93. The lowest BCUT2D eigenvalue weighted by Gasteiger charge is -2.34. The third kappa shape index (κ3) is 4.97. The van der Waals surface area contributed by atoms with Gasteiger partial charge in [-0.15, -0.1) is 0 Å². The van der Waals surface area contributed by atoms with Crippen LogP contribution in [0.4, 0.5) is 0 Å². The molecule has 0 aliphatic carbocycles. The van der Waals surface area contributed by atoms with Crippen molar-refractivity contribution in [3.63, 3.8) is 0 Å². The molecule has 1 unspecified atom stereocenters. The number of rotatable bonds is 6. The minimum atomic E-state index is -0.876. The number of piperazine rings is 1. The maximum absolute atomic E-state index is 12.9. The average molecular weight is 427 g/mol. The van der Waals surface area contributed by atoms with Gasteiger partial charge in [0.15, 0.2) is 0 Å². The van der Waals surface area contributed by atoms with Gasteiger partial charge in [-0.2, -0.15) is 0 Å². The maximum atomic E-state index is 12.9. The highest BCUT2D eigenvalue weighted by Gasteiger charge is 2.35. The van der Waals surface area contributed by atoms with Crippen molar-refractivity contribution in [2.24, 2.45) is 5.92 Å². The standard InChI is InChI=1S/C18H23BrN2O5/c1-11(2)10-26-15-5-4-12(8-13(15)19)18(24)21-7-6-20-17(23)14(21)9-16(22)25-3/h4-5,8,11,14H,6-7,9-10H2,1-3H3,(H,20,23). The summed E-state index contributed by atoms with van der Waals surface area (Å²) >= 11 is 3.42. The van der Waals surface area contributed by atoms with Gasteiger partial charge in [0.25, 0.3) is 5.91 Å². The number of halogens is 1. The zero-order valence-electron chi connectivity index (χ0n) is 15.1. The summed E-state index contributed by atoms with van der Waals surface area (Å²) in [6.07, 6.45) is -0.176. The Kier molecular flexibility index (Phi) is 7.02. The molecule has 8 heteroatoms. The molecule has 1 aromatic carbocycles. The highest BCUT2D eigenvalue weighted by molar-refractivity contribution is 9.10. The summed E-state index contributed by atoms with van der Waals surface area (Å²) in [5.74, 6) is -0.175. The number of methoxy groups -OCH3 is 1. The molecule has 1 saturated heterocycles. The zero-order chi connectivity index (χ0) is 19.3. The Labute approximate surface area is 161 Å². The Bertz CT molecular complexity index is 692.